The zero-order valence-corrected chi connectivity index (χ0v) is 12.8. The molecule has 0 fully saturated rings. The molecule has 0 spiro atoms. The number of azo groups is 1. The van der Waals surface area contributed by atoms with Crippen LogP contribution in [0.1, 0.15) is 13.3 Å². The van der Waals surface area contributed by atoms with Gasteiger partial charge in [-0.25, -0.2) is 9.13 Å². The molecule has 0 aliphatic heterocycles. The van der Waals surface area contributed by atoms with E-state index in [1.54, 1.807) is 0 Å². The van der Waals surface area contributed by atoms with Crippen LogP contribution in [0.5, 0.6) is 0 Å². The average molecular weight is 294 g/mol. The Kier molecular flexibility index (Phi) is 6.18. The van der Waals surface area contributed by atoms with Crippen molar-refractivity contribution in [3.8, 4) is 0 Å². The van der Waals surface area contributed by atoms with E-state index < -0.39 is 0 Å². The topological polar surface area (TPSA) is 45.6 Å². The molecule has 20 heavy (non-hydrogen) atoms. The lowest BCUT2D eigenvalue weighted by Gasteiger charge is -2.03. The second kappa shape index (κ2) is 7.65. The molecule has 0 atom stereocenters. The maximum atomic E-state index is 4.26. The number of halogens is 1. The molecule has 2 aromatic rings. The van der Waals surface area contributed by atoms with Gasteiger partial charge in [0.25, 0.3) is 0 Å². The minimum Gasteiger partial charge on any atom is -1.00 e. The van der Waals surface area contributed by atoms with Crippen molar-refractivity contribution in [2.45, 2.75) is 13.3 Å². The molecule has 1 N–H and O–H groups in total. The fourth-order valence-corrected chi connectivity index (χ4v) is 1.74. The quantitative estimate of drug-likeness (QED) is 0.616. The van der Waals surface area contributed by atoms with Gasteiger partial charge in [-0.05, 0) is 30.7 Å². The van der Waals surface area contributed by atoms with Crippen LogP contribution >= 0.6 is 0 Å². The van der Waals surface area contributed by atoms with Crippen LogP contribution in [0.25, 0.3) is 0 Å². The number of benzene rings is 1. The van der Waals surface area contributed by atoms with Crippen LogP contribution in [0.4, 0.5) is 17.3 Å². The Balaban J connectivity index is 0.00000200. The summed E-state index contributed by atoms with van der Waals surface area (Å²) in [6.45, 7) is 3.13. The van der Waals surface area contributed by atoms with Crippen LogP contribution in [0.3, 0.4) is 0 Å². The van der Waals surface area contributed by atoms with E-state index in [0.717, 1.165) is 30.3 Å². The molecule has 108 valence electrons. The van der Waals surface area contributed by atoms with Crippen molar-refractivity contribution in [3.05, 3.63) is 36.7 Å². The van der Waals surface area contributed by atoms with Gasteiger partial charge in [-0.2, -0.15) is 0 Å². The van der Waals surface area contributed by atoms with E-state index in [-0.39, 0.29) is 12.4 Å². The molecule has 0 aliphatic carbocycles. The van der Waals surface area contributed by atoms with Crippen molar-refractivity contribution in [2.75, 3.05) is 11.9 Å². The van der Waals surface area contributed by atoms with Gasteiger partial charge in [0.2, 0.25) is 0 Å². The van der Waals surface area contributed by atoms with Crippen molar-refractivity contribution in [1.82, 2.24) is 4.57 Å². The molecular formula is C14H20ClN5. The fourth-order valence-electron chi connectivity index (χ4n) is 1.74. The first-order valence-corrected chi connectivity index (χ1v) is 6.47. The lowest BCUT2D eigenvalue weighted by molar-refractivity contribution is -0.657. The summed E-state index contributed by atoms with van der Waals surface area (Å²) < 4.78 is 3.86. The SMILES string of the molecule is CCCNc1ccc(N=Nc2n(C)cc[n+]2C)cc1.[Cl-]. The molecule has 0 saturated heterocycles. The molecule has 0 aliphatic rings. The second-order valence-electron chi connectivity index (χ2n) is 4.49. The van der Waals surface area contributed by atoms with Gasteiger partial charge in [0.15, 0.2) is 0 Å². The maximum Gasteiger partial charge on any atom is 0.421 e. The molecule has 0 amide bonds. The number of hydrogen-bond acceptors (Lipinski definition) is 3. The van der Waals surface area contributed by atoms with E-state index in [2.05, 4.69) is 22.5 Å². The molecular weight excluding hydrogens is 274 g/mol. The fraction of sp³-hybridized carbons (Fsp3) is 0.357. The predicted octanol–water partition coefficient (Wildman–Crippen LogP) is 0.0909. The Bertz CT molecular complexity index is 540. The molecule has 0 bridgehead atoms. The van der Waals surface area contributed by atoms with Gasteiger partial charge in [0, 0.05) is 17.3 Å². The monoisotopic (exact) mass is 293 g/mol. The number of imidazole rings is 1. The molecule has 1 aromatic carbocycles. The van der Waals surface area contributed by atoms with Gasteiger partial charge in [0.1, 0.15) is 5.69 Å². The first kappa shape index (κ1) is 16.2. The number of rotatable bonds is 5. The van der Waals surface area contributed by atoms with Gasteiger partial charge < -0.3 is 17.7 Å². The first-order chi connectivity index (χ1) is 9.20. The van der Waals surface area contributed by atoms with E-state index in [4.69, 9.17) is 0 Å². The van der Waals surface area contributed by atoms with E-state index in [9.17, 15) is 0 Å². The van der Waals surface area contributed by atoms with E-state index in [1.165, 1.54) is 0 Å². The highest BCUT2D eigenvalue weighted by Gasteiger charge is 2.09. The third-order valence-electron chi connectivity index (χ3n) is 2.85. The summed E-state index contributed by atoms with van der Waals surface area (Å²) >= 11 is 0. The summed E-state index contributed by atoms with van der Waals surface area (Å²) in [7, 11) is 3.90. The molecule has 1 heterocycles. The largest absolute Gasteiger partial charge is 1.00 e. The van der Waals surface area contributed by atoms with Crippen LogP contribution in [-0.4, -0.2) is 11.1 Å². The van der Waals surface area contributed by atoms with Gasteiger partial charge in [-0.15, -0.1) is 0 Å². The lowest BCUT2D eigenvalue weighted by atomic mass is 10.3. The zero-order chi connectivity index (χ0) is 13.7. The van der Waals surface area contributed by atoms with Crippen LogP contribution in [0.15, 0.2) is 46.9 Å². The van der Waals surface area contributed by atoms with Crippen molar-refractivity contribution < 1.29 is 17.0 Å². The molecule has 0 unspecified atom stereocenters. The van der Waals surface area contributed by atoms with Crippen molar-refractivity contribution in [1.29, 1.82) is 0 Å². The van der Waals surface area contributed by atoms with Gasteiger partial charge in [-0.3, -0.25) is 0 Å². The number of aromatic nitrogens is 2. The average Bonchev–Trinajstić information content (AvgIpc) is 2.75. The minimum atomic E-state index is 0. The van der Waals surface area contributed by atoms with E-state index >= 15 is 0 Å². The van der Waals surface area contributed by atoms with Crippen molar-refractivity contribution in [2.24, 2.45) is 24.3 Å². The van der Waals surface area contributed by atoms with Crippen LogP contribution < -0.4 is 22.3 Å². The number of nitrogens with zero attached hydrogens (tertiary/aromatic N) is 4. The maximum absolute atomic E-state index is 4.26. The highest BCUT2D eigenvalue weighted by atomic mass is 35.5. The number of anilines is 1. The molecule has 0 radical (unpaired) electrons. The third-order valence-corrected chi connectivity index (χ3v) is 2.85. The standard InChI is InChI=1S/C14H19N5.ClH/c1-4-9-15-12-5-7-13(8-6-12)16-17-14-18(2)10-11-19(14)3;/h5-8,10-11H,4,9H2,1-3H3;1H. The summed E-state index contributed by atoms with van der Waals surface area (Å²) in [4.78, 5) is 0. The Morgan fingerprint density at radius 3 is 2.45 bits per heavy atom. The Labute approximate surface area is 125 Å². The normalized spacial score (nSPS) is 10.6. The van der Waals surface area contributed by atoms with Gasteiger partial charge in [0.05, 0.1) is 26.5 Å². The number of aryl methyl sites for hydroxylation is 2. The highest BCUT2D eigenvalue weighted by molar-refractivity contribution is 5.50. The number of hydrogen-bond donors (Lipinski definition) is 1. The van der Waals surface area contributed by atoms with Crippen LogP contribution in [0.2, 0.25) is 0 Å². The molecule has 2 rings (SSSR count). The van der Waals surface area contributed by atoms with Crippen LogP contribution in [0, 0.1) is 0 Å². The lowest BCUT2D eigenvalue weighted by Crippen LogP contribution is -3.00. The van der Waals surface area contributed by atoms with Gasteiger partial charge >= 0.3 is 5.95 Å². The predicted molar refractivity (Wildman–Crippen MR) is 76.0 cm³/mol. The Morgan fingerprint density at radius 1 is 1.20 bits per heavy atom. The van der Waals surface area contributed by atoms with E-state index in [1.807, 2.05) is 59.9 Å². The smallest absolute Gasteiger partial charge is 0.421 e. The Morgan fingerprint density at radius 2 is 1.90 bits per heavy atom. The first-order valence-electron chi connectivity index (χ1n) is 6.47. The van der Waals surface area contributed by atoms with Gasteiger partial charge in [-0.1, -0.05) is 12.0 Å². The summed E-state index contributed by atoms with van der Waals surface area (Å²) in [6.07, 6.45) is 5.02. The summed E-state index contributed by atoms with van der Waals surface area (Å²) in [6, 6.07) is 7.97. The van der Waals surface area contributed by atoms with Crippen molar-refractivity contribution >= 4 is 17.3 Å². The Hall–Kier alpha value is -1.88. The third kappa shape index (κ3) is 4.06. The summed E-state index contributed by atoms with van der Waals surface area (Å²) in [5, 5.41) is 11.8. The molecule has 6 heteroatoms. The summed E-state index contributed by atoms with van der Waals surface area (Å²) in [5.74, 6) is 0.813. The highest BCUT2D eigenvalue weighted by Crippen LogP contribution is 2.18. The van der Waals surface area contributed by atoms with E-state index in [0.29, 0.717) is 0 Å². The molecule has 5 nitrogen and oxygen atoms in total. The second-order valence-corrected chi connectivity index (χ2v) is 4.49. The zero-order valence-electron chi connectivity index (χ0n) is 12.0. The van der Waals surface area contributed by atoms with Crippen LogP contribution in [-0.2, 0) is 14.1 Å². The summed E-state index contributed by atoms with van der Waals surface area (Å²) in [5.41, 5.74) is 1.97. The number of nitrogens with one attached hydrogen (secondary N) is 1. The minimum absolute atomic E-state index is 0. The molecule has 1 aromatic heterocycles. The van der Waals surface area contributed by atoms with Crippen molar-refractivity contribution in [3.63, 3.8) is 0 Å². The molecule has 0 saturated carbocycles.